The first-order valence-electron chi connectivity index (χ1n) is 7.10. The SMILES string of the molecule is CN=C/C=C(\C)c1ncccc1COc1cccc(O)c1C=O. The maximum atomic E-state index is 11.1. The van der Waals surface area contributed by atoms with Crippen molar-refractivity contribution in [3.05, 3.63) is 59.4 Å². The lowest BCUT2D eigenvalue weighted by atomic mass is 10.1. The number of rotatable bonds is 6. The average Bonchev–Trinajstić information content (AvgIpc) is 2.58. The van der Waals surface area contributed by atoms with E-state index in [0.717, 1.165) is 16.8 Å². The molecule has 0 aliphatic carbocycles. The van der Waals surface area contributed by atoms with Crippen LogP contribution in [0.5, 0.6) is 11.5 Å². The molecule has 118 valence electrons. The molecular formula is C18H18N2O3. The van der Waals surface area contributed by atoms with Gasteiger partial charge in [0.05, 0.1) is 11.3 Å². The first-order chi connectivity index (χ1) is 11.2. The van der Waals surface area contributed by atoms with Crippen molar-refractivity contribution in [3.63, 3.8) is 0 Å². The van der Waals surface area contributed by atoms with Gasteiger partial charge in [-0.15, -0.1) is 0 Å². The molecule has 1 aromatic carbocycles. The minimum Gasteiger partial charge on any atom is -0.507 e. The highest BCUT2D eigenvalue weighted by molar-refractivity contribution is 5.84. The zero-order valence-electron chi connectivity index (χ0n) is 13.1. The summed E-state index contributed by atoms with van der Waals surface area (Å²) in [4.78, 5) is 19.4. The Balaban J connectivity index is 2.25. The number of aldehydes is 1. The lowest BCUT2D eigenvalue weighted by Crippen LogP contribution is -2.03. The normalized spacial score (nSPS) is 11.7. The van der Waals surface area contributed by atoms with Gasteiger partial charge in [0, 0.05) is 25.0 Å². The highest BCUT2D eigenvalue weighted by atomic mass is 16.5. The lowest BCUT2D eigenvalue weighted by molar-refractivity contribution is 0.111. The van der Waals surface area contributed by atoms with Gasteiger partial charge in [-0.05, 0) is 36.8 Å². The molecule has 0 saturated carbocycles. The number of phenolic OH excluding ortho intramolecular Hbond substituents is 1. The summed E-state index contributed by atoms with van der Waals surface area (Å²) in [6.07, 6.45) is 5.87. The van der Waals surface area contributed by atoms with Crippen LogP contribution in [0, 0.1) is 0 Å². The molecule has 2 aromatic rings. The van der Waals surface area contributed by atoms with Crippen molar-refractivity contribution >= 4 is 18.1 Å². The Kier molecular flexibility index (Phi) is 5.63. The van der Waals surface area contributed by atoms with Gasteiger partial charge in [-0.3, -0.25) is 14.8 Å². The van der Waals surface area contributed by atoms with Crippen molar-refractivity contribution < 1.29 is 14.6 Å². The Morgan fingerprint density at radius 3 is 2.91 bits per heavy atom. The van der Waals surface area contributed by atoms with E-state index in [0.29, 0.717) is 12.0 Å². The van der Waals surface area contributed by atoms with Gasteiger partial charge in [-0.25, -0.2) is 0 Å². The molecule has 0 bridgehead atoms. The van der Waals surface area contributed by atoms with Crippen molar-refractivity contribution in [2.45, 2.75) is 13.5 Å². The second-order valence-electron chi connectivity index (χ2n) is 4.86. The molecule has 0 saturated heterocycles. The smallest absolute Gasteiger partial charge is 0.157 e. The summed E-state index contributed by atoms with van der Waals surface area (Å²) in [6, 6.07) is 8.46. The zero-order chi connectivity index (χ0) is 16.7. The summed E-state index contributed by atoms with van der Waals surface area (Å²) in [5.41, 5.74) is 2.79. The molecule has 0 fully saturated rings. The van der Waals surface area contributed by atoms with Crippen molar-refractivity contribution in [2.75, 3.05) is 7.05 Å². The molecule has 5 nitrogen and oxygen atoms in total. The number of carbonyl (C=O) groups is 1. The fourth-order valence-corrected chi connectivity index (χ4v) is 2.11. The number of carbonyl (C=O) groups excluding carboxylic acids is 1. The van der Waals surface area contributed by atoms with Gasteiger partial charge in [0.2, 0.25) is 0 Å². The number of pyridine rings is 1. The van der Waals surface area contributed by atoms with E-state index in [4.69, 9.17) is 4.74 Å². The minimum atomic E-state index is -0.0980. The van der Waals surface area contributed by atoms with Crippen LogP contribution in [0.15, 0.2) is 47.6 Å². The average molecular weight is 310 g/mol. The van der Waals surface area contributed by atoms with E-state index >= 15 is 0 Å². The van der Waals surface area contributed by atoms with Gasteiger partial charge in [-0.1, -0.05) is 12.1 Å². The zero-order valence-corrected chi connectivity index (χ0v) is 13.1. The van der Waals surface area contributed by atoms with Crippen LogP contribution in [-0.4, -0.2) is 29.6 Å². The maximum Gasteiger partial charge on any atom is 0.157 e. The van der Waals surface area contributed by atoms with E-state index in [1.807, 2.05) is 25.1 Å². The minimum absolute atomic E-state index is 0.0980. The first-order valence-corrected chi connectivity index (χ1v) is 7.10. The van der Waals surface area contributed by atoms with Crippen molar-refractivity contribution in [1.29, 1.82) is 0 Å². The van der Waals surface area contributed by atoms with Gasteiger partial charge >= 0.3 is 0 Å². The monoisotopic (exact) mass is 310 g/mol. The third kappa shape index (κ3) is 4.03. The summed E-state index contributed by atoms with van der Waals surface area (Å²) in [7, 11) is 1.70. The number of aromatic nitrogens is 1. The maximum absolute atomic E-state index is 11.1. The Bertz CT molecular complexity index is 752. The van der Waals surface area contributed by atoms with Gasteiger partial charge in [-0.2, -0.15) is 0 Å². The van der Waals surface area contributed by atoms with Crippen LogP contribution in [0.1, 0.15) is 28.5 Å². The molecule has 0 unspecified atom stereocenters. The molecule has 0 spiro atoms. The van der Waals surface area contributed by atoms with Crippen LogP contribution in [0.3, 0.4) is 0 Å². The lowest BCUT2D eigenvalue weighted by Gasteiger charge is -2.12. The third-order valence-electron chi connectivity index (χ3n) is 3.28. The number of aliphatic imine (C=N–C) groups is 1. The van der Waals surface area contributed by atoms with Gasteiger partial charge in [0.15, 0.2) is 6.29 Å². The summed E-state index contributed by atoms with van der Waals surface area (Å²) in [5.74, 6) is 0.241. The number of nitrogens with zero attached hydrogens (tertiary/aromatic N) is 2. The van der Waals surface area contributed by atoms with E-state index in [-0.39, 0.29) is 17.9 Å². The molecule has 1 heterocycles. The molecule has 2 rings (SSSR count). The molecule has 0 amide bonds. The Morgan fingerprint density at radius 2 is 2.17 bits per heavy atom. The number of hydrogen-bond donors (Lipinski definition) is 1. The first kappa shape index (κ1) is 16.4. The Labute approximate surface area is 135 Å². The summed E-state index contributed by atoms with van der Waals surface area (Å²) < 4.78 is 5.70. The molecule has 23 heavy (non-hydrogen) atoms. The van der Waals surface area contributed by atoms with E-state index in [9.17, 15) is 9.90 Å². The van der Waals surface area contributed by atoms with Crippen molar-refractivity contribution in [3.8, 4) is 11.5 Å². The second-order valence-corrected chi connectivity index (χ2v) is 4.86. The van der Waals surface area contributed by atoms with E-state index < -0.39 is 0 Å². The third-order valence-corrected chi connectivity index (χ3v) is 3.28. The van der Waals surface area contributed by atoms with Crippen LogP contribution < -0.4 is 4.74 Å². The summed E-state index contributed by atoms with van der Waals surface area (Å²) >= 11 is 0. The van der Waals surface area contributed by atoms with Gasteiger partial charge < -0.3 is 9.84 Å². The fraction of sp³-hybridized carbons (Fsp3) is 0.167. The number of benzene rings is 1. The molecular weight excluding hydrogens is 292 g/mol. The Morgan fingerprint density at radius 1 is 1.35 bits per heavy atom. The highest BCUT2D eigenvalue weighted by Gasteiger charge is 2.10. The van der Waals surface area contributed by atoms with E-state index in [1.165, 1.54) is 6.07 Å². The molecule has 0 aliphatic rings. The fourth-order valence-electron chi connectivity index (χ4n) is 2.11. The number of phenols is 1. The van der Waals surface area contributed by atoms with Crippen LogP contribution in [-0.2, 0) is 6.61 Å². The van der Waals surface area contributed by atoms with Gasteiger partial charge in [0.25, 0.3) is 0 Å². The van der Waals surface area contributed by atoms with E-state index in [1.54, 1.807) is 31.6 Å². The molecule has 0 atom stereocenters. The number of allylic oxidation sites excluding steroid dienone is 2. The predicted octanol–water partition coefficient (Wildman–Crippen LogP) is 3.28. The number of hydrogen-bond acceptors (Lipinski definition) is 5. The number of ether oxygens (including phenoxy) is 1. The quantitative estimate of drug-likeness (QED) is 0.656. The van der Waals surface area contributed by atoms with E-state index in [2.05, 4.69) is 9.98 Å². The van der Waals surface area contributed by atoms with Crippen LogP contribution in [0.4, 0.5) is 0 Å². The second kappa shape index (κ2) is 7.89. The van der Waals surface area contributed by atoms with Crippen molar-refractivity contribution in [1.82, 2.24) is 4.98 Å². The number of aromatic hydroxyl groups is 1. The largest absolute Gasteiger partial charge is 0.507 e. The topological polar surface area (TPSA) is 71.8 Å². The summed E-state index contributed by atoms with van der Waals surface area (Å²) in [5, 5.41) is 9.68. The van der Waals surface area contributed by atoms with Crippen LogP contribution in [0.2, 0.25) is 0 Å². The van der Waals surface area contributed by atoms with Crippen LogP contribution in [0.25, 0.3) is 5.57 Å². The Hall–Kier alpha value is -2.95. The molecule has 5 heteroatoms. The highest BCUT2D eigenvalue weighted by Crippen LogP contribution is 2.27. The van der Waals surface area contributed by atoms with Crippen LogP contribution >= 0.6 is 0 Å². The standard InChI is InChI=1S/C18H18N2O3/c1-13(8-10-19-2)18-14(5-4-9-20-18)12-23-17-7-3-6-16(22)15(17)11-21/h3-11,22H,12H2,1-2H3/b13-8+,19-10?. The molecule has 1 aromatic heterocycles. The summed E-state index contributed by atoms with van der Waals surface area (Å²) in [6.45, 7) is 2.18. The molecule has 1 N–H and O–H groups in total. The molecule has 0 aliphatic heterocycles. The molecule has 0 radical (unpaired) electrons. The predicted molar refractivity (Wildman–Crippen MR) is 90.1 cm³/mol. The van der Waals surface area contributed by atoms with Gasteiger partial charge in [0.1, 0.15) is 18.1 Å². The van der Waals surface area contributed by atoms with Crippen molar-refractivity contribution in [2.24, 2.45) is 4.99 Å².